The molecule has 0 spiro atoms. The number of benzene rings is 1. The average Bonchev–Trinajstić information content (AvgIpc) is 2.95. The van der Waals surface area contributed by atoms with Crippen molar-refractivity contribution < 1.29 is 4.79 Å². The molecular formula is C13H12N4OS. The molecule has 96 valence electrons. The standard InChI is InChI=1S/C13H12N4OS/c1-17-7-10(6-15-17)16-13(18)12-5-8-4-9(14)2-3-11(8)19-12/h2-7H,14H2,1H3,(H,16,18). The Morgan fingerprint density at radius 3 is 3.00 bits per heavy atom. The highest BCUT2D eigenvalue weighted by molar-refractivity contribution is 7.20. The molecule has 0 aliphatic rings. The van der Waals surface area contributed by atoms with Crippen LogP contribution in [0.4, 0.5) is 11.4 Å². The van der Waals surface area contributed by atoms with E-state index < -0.39 is 0 Å². The Bertz CT molecular complexity index is 759. The van der Waals surface area contributed by atoms with Crippen LogP contribution in [0.2, 0.25) is 0 Å². The predicted octanol–water partition coefficient (Wildman–Crippen LogP) is 2.47. The Morgan fingerprint density at radius 1 is 1.42 bits per heavy atom. The number of carbonyl (C=O) groups is 1. The van der Waals surface area contributed by atoms with Gasteiger partial charge in [0.15, 0.2) is 0 Å². The number of hydrogen-bond donors (Lipinski definition) is 2. The molecule has 3 rings (SSSR count). The molecule has 2 aromatic heterocycles. The van der Waals surface area contributed by atoms with Crippen molar-refractivity contribution in [2.75, 3.05) is 11.1 Å². The third kappa shape index (κ3) is 2.30. The van der Waals surface area contributed by atoms with Gasteiger partial charge >= 0.3 is 0 Å². The van der Waals surface area contributed by atoms with E-state index in [-0.39, 0.29) is 5.91 Å². The van der Waals surface area contributed by atoms with Crippen LogP contribution < -0.4 is 11.1 Å². The summed E-state index contributed by atoms with van der Waals surface area (Å²) in [7, 11) is 1.80. The zero-order valence-electron chi connectivity index (χ0n) is 10.3. The Hall–Kier alpha value is -2.34. The van der Waals surface area contributed by atoms with E-state index in [9.17, 15) is 4.79 Å². The number of fused-ring (bicyclic) bond motifs is 1. The molecule has 3 N–H and O–H groups in total. The van der Waals surface area contributed by atoms with Crippen molar-refractivity contribution in [2.24, 2.45) is 7.05 Å². The lowest BCUT2D eigenvalue weighted by molar-refractivity contribution is 0.103. The zero-order chi connectivity index (χ0) is 13.4. The molecule has 0 aliphatic carbocycles. The summed E-state index contributed by atoms with van der Waals surface area (Å²) in [6.45, 7) is 0. The molecule has 0 fully saturated rings. The number of nitrogens with zero attached hydrogens (tertiary/aromatic N) is 2. The van der Waals surface area contributed by atoms with Crippen LogP contribution in [-0.4, -0.2) is 15.7 Å². The SMILES string of the molecule is Cn1cc(NC(=O)c2cc3cc(N)ccc3s2)cn1. The highest BCUT2D eigenvalue weighted by Gasteiger charge is 2.11. The van der Waals surface area contributed by atoms with Crippen LogP contribution >= 0.6 is 11.3 Å². The van der Waals surface area contributed by atoms with Gasteiger partial charge in [0.1, 0.15) is 0 Å². The number of rotatable bonds is 2. The van der Waals surface area contributed by atoms with Crippen molar-refractivity contribution in [3.63, 3.8) is 0 Å². The molecular weight excluding hydrogens is 260 g/mol. The summed E-state index contributed by atoms with van der Waals surface area (Å²) in [6, 6.07) is 7.48. The second kappa shape index (κ2) is 4.40. The average molecular weight is 272 g/mol. The maximum Gasteiger partial charge on any atom is 0.265 e. The van der Waals surface area contributed by atoms with Crippen LogP contribution in [0, 0.1) is 0 Å². The van der Waals surface area contributed by atoms with E-state index in [4.69, 9.17) is 5.73 Å². The molecule has 2 heterocycles. The molecule has 1 amide bonds. The first-order chi connectivity index (χ1) is 9.11. The van der Waals surface area contributed by atoms with Gasteiger partial charge in [-0.25, -0.2) is 0 Å². The summed E-state index contributed by atoms with van der Waals surface area (Å²) in [6.07, 6.45) is 3.37. The van der Waals surface area contributed by atoms with Crippen LogP contribution in [0.1, 0.15) is 9.67 Å². The minimum atomic E-state index is -0.132. The predicted molar refractivity (Wildman–Crippen MR) is 77.4 cm³/mol. The molecule has 0 radical (unpaired) electrons. The Labute approximate surface area is 113 Å². The normalized spacial score (nSPS) is 10.8. The monoisotopic (exact) mass is 272 g/mol. The van der Waals surface area contributed by atoms with Gasteiger partial charge in [0.05, 0.1) is 16.8 Å². The first-order valence-electron chi connectivity index (χ1n) is 5.71. The highest BCUT2D eigenvalue weighted by atomic mass is 32.1. The zero-order valence-corrected chi connectivity index (χ0v) is 11.1. The lowest BCUT2D eigenvalue weighted by Crippen LogP contribution is -2.09. The van der Waals surface area contributed by atoms with Crippen molar-refractivity contribution in [1.29, 1.82) is 0 Å². The van der Waals surface area contributed by atoms with E-state index in [1.807, 2.05) is 24.3 Å². The molecule has 0 aliphatic heterocycles. The third-order valence-corrected chi connectivity index (χ3v) is 3.84. The third-order valence-electron chi connectivity index (χ3n) is 2.73. The second-order valence-corrected chi connectivity index (χ2v) is 5.35. The number of amides is 1. The van der Waals surface area contributed by atoms with Crippen molar-refractivity contribution in [2.45, 2.75) is 0 Å². The van der Waals surface area contributed by atoms with Crippen LogP contribution in [0.3, 0.4) is 0 Å². The number of aryl methyl sites for hydroxylation is 1. The van der Waals surface area contributed by atoms with Gasteiger partial charge in [0, 0.05) is 23.6 Å². The van der Waals surface area contributed by atoms with E-state index in [1.54, 1.807) is 24.1 Å². The smallest absolute Gasteiger partial charge is 0.265 e. The van der Waals surface area contributed by atoms with Gasteiger partial charge in [0.25, 0.3) is 5.91 Å². The van der Waals surface area contributed by atoms with Crippen LogP contribution in [0.15, 0.2) is 36.7 Å². The molecule has 0 unspecified atom stereocenters. The van der Waals surface area contributed by atoms with Crippen molar-refractivity contribution in [3.8, 4) is 0 Å². The summed E-state index contributed by atoms with van der Waals surface area (Å²) in [5, 5.41) is 7.81. The molecule has 0 saturated heterocycles. The molecule has 0 atom stereocenters. The first-order valence-corrected chi connectivity index (χ1v) is 6.52. The van der Waals surface area contributed by atoms with Crippen LogP contribution in [0.25, 0.3) is 10.1 Å². The lowest BCUT2D eigenvalue weighted by atomic mass is 10.2. The fourth-order valence-corrected chi connectivity index (χ4v) is 2.79. The molecule has 5 nitrogen and oxygen atoms in total. The van der Waals surface area contributed by atoms with Gasteiger partial charge in [-0.1, -0.05) is 0 Å². The summed E-state index contributed by atoms with van der Waals surface area (Å²) < 4.78 is 2.69. The van der Waals surface area contributed by atoms with Gasteiger partial charge in [-0.3, -0.25) is 9.48 Å². The quantitative estimate of drug-likeness (QED) is 0.704. The number of nitrogen functional groups attached to an aromatic ring is 1. The fraction of sp³-hybridized carbons (Fsp3) is 0.0769. The van der Waals surface area contributed by atoms with Crippen LogP contribution in [-0.2, 0) is 7.05 Å². The summed E-state index contributed by atoms with van der Waals surface area (Å²) >= 11 is 1.45. The Kier molecular flexibility index (Phi) is 2.72. The Balaban J connectivity index is 1.89. The number of anilines is 2. The van der Waals surface area contributed by atoms with E-state index >= 15 is 0 Å². The molecule has 19 heavy (non-hydrogen) atoms. The molecule has 6 heteroatoms. The van der Waals surface area contributed by atoms with E-state index in [1.165, 1.54) is 11.3 Å². The number of aromatic nitrogens is 2. The lowest BCUT2D eigenvalue weighted by Gasteiger charge is -1.97. The van der Waals surface area contributed by atoms with Gasteiger partial charge in [0.2, 0.25) is 0 Å². The van der Waals surface area contributed by atoms with Gasteiger partial charge in [-0.15, -0.1) is 11.3 Å². The largest absolute Gasteiger partial charge is 0.399 e. The summed E-state index contributed by atoms with van der Waals surface area (Å²) in [4.78, 5) is 12.8. The van der Waals surface area contributed by atoms with Gasteiger partial charge in [-0.2, -0.15) is 5.10 Å². The maximum atomic E-state index is 12.1. The Morgan fingerprint density at radius 2 is 2.26 bits per heavy atom. The van der Waals surface area contributed by atoms with E-state index in [2.05, 4.69) is 10.4 Å². The minimum Gasteiger partial charge on any atom is -0.399 e. The van der Waals surface area contributed by atoms with Crippen LogP contribution in [0.5, 0.6) is 0 Å². The molecule has 1 aromatic carbocycles. The topological polar surface area (TPSA) is 72.9 Å². The molecule has 0 saturated carbocycles. The number of nitrogens with two attached hydrogens (primary N) is 1. The number of hydrogen-bond acceptors (Lipinski definition) is 4. The maximum absolute atomic E-state index is 12.1. The second-order valence-electron chi connectivity index (χ2n) is 4.26. The van der Waals surface area contributed by atoms with E-state index in [0.29, 0.717) is 16.3 Å². The van der Waals surface area contributed by atoms with E-state index in [0.717, 1.165) is 10.1 Å². The summed E-state index contributed by atoms with van der Waals surface area (Å²) in [5.41, 5.74) is 7.11. The molecule has 0 bridgehead atoms. The first kappa shape index (κ1) is 11.7. The molecule has 3 aromatic rings. The van der Waals surface area contributed by atoms with Crippen molar-refractivity contribution in [1.82, 2.24) is 9.78 Å². The fourth-order valence-electron chi connectivity index (χ4n) is 1.85. The minimum absolute atomic E-state index is 0.132. The van der Waals surface area contributed by atoms with Crippen molar-refractivity contribution in [3.05, 3.63) is 41.5 Å². The highest BCUT2D eigenvalue weighted by Crippen LogP contribution is 2.27. The van der Waals surface area contributed by atoms with Gasteiger partial charge < -0.3 is 11.1 Å². The number of nitrogens with one attached hydrogen (secondary N) is 1. The number of carbonyl (C=O) groups excluding carboxylic acids is 1. The summed E-state index contributed by atoms with van der Waals surface area (Å²) in [5.74, 6) is -0.132. The van der Waals surface area contributed by atoms with Crippen molar-refractivity contribution >= 4 is 38.7 Å². The number of thiophene rings is 1. The van der Waals surface area contributed by atoms with Gasteiger partial charge in [-0.05, 0) is 29.7 Å².